The fraction of sp³-hybridized carbons (Fsp3) is 0.438. The van der Waals surface area contributed by atoms with Crippen LogP contribution in [-0.4, -0.2) is 41.2 Å². The molecule has 2 aromatic heterocycles. The van der Waals surface area contributed by atoms with Crippen molar-refractivity contribution in [3.63, 3.8) is 0 Å². The molecule has 0 unspecified atom stereocenters. The van der Waals surface area contributed by atoms with Crippen LogP contribution in [0.3, 0.4) is 0 Å². The Bertz CT molecular complexity index is 717. The average Bonchev–Trinajstić information content (AvgIpc) is 2.62. The molecule has 2 aromatic rings. The lowest BCUT2D eigenvalue weighted by Gasteiger charge is -2.34. The Kier molecular flexibility index (Phi) is 4.91. The van der Waals surface area contributed by atoms with Crippen molar-refractivity contribution in [1.82, 2.24) is 15.0 Å². The minimum Gasteiger partial charge on any atom is -0.481 e. The predicted octanol–water partition coefficient (Wildman–Crippen LogP) is 2.98. The summed E-state index contributed by atoms with van der Waals surface area (Å²) >= 11 is 0. The molecule has 0 atom stereocenters. The van der Waals surface area contributed by atoms with Crippen molar-refractivity contribution < 1.29 is 17.9 Å². The number of halogens is 3. The van der Waals surface area contributed by atoms with Gasteiger partial charge in [0, 0.05) is 31.4 Å². The van der Waals surface area contributed by atoms with Gasteiger partial charge in [0.2, 0.25) is 5.88 Å². The quantitative estimate of drug-likeness (QED) is 0.912. The lowest BCUT2D eigenvalue weighted by molar-refractivity contribution is -0.137. The van der Waals surface area contributed by atoms with Crippen molar-refractivity contribution in [1.29, 1.82) is 0 Å². The SMILES string of the molecule is COc1cc(NC2CCN(c3ncccc3C(F)(F)F)CC2)ncn1. The van der Waals surface area contributed by atoms with E-state index in [4.69, 9.17) is 4.74 Å². The minimum atomic E-state index is -4.41. The van der Waals surface area contributed by atoms with Crippen LogP contribution in [0.1, 0.15) is 18.4 Å². The Morgan fingerprint density at radius 1 is 1.20 bits per heavy atom. The second kappa shape index (κ2) is 7.12. The molecule has 134 valence electrons. The van der Waals surface area contributed by atoms with Gasteiger partial charge in [-0.1, -0.05) is 0 Å². The van der Waals surface area contributed by atoms with Crippen molar-refractivity contribution >= 4 is 11.6 Å². The number of rotatable bonds is 4. The van der Waals surface area contributed by atoms with Gasteiger partial charge < -0.3 is 15.0 Å². The lowest BCUT2D eigenvalue weighted by atomic mass is 10.0. The van der Waals surface area contributed by atoms with Gasteiger partial charge in [0.25, 0.3) is 0 Å². The van der Waals surface area contributed by atoms with Crippen molar-refractivity contribution in [2.75, 3.05) is 30.4 Å². The summed E-state index contributed by atoms with van der Waals surface area (Å²) in [6.45, 7) is 0.972. The van der Waals surface area contributed by atoms with E-state index in [9.17, 15) is 13.2 Å². The van der Waals surface area contributed by atoms with Crippen LogP contribution < -0.4 is 15.0 Å². The summed E-state index contributed by atoms with van der Waals surface area (Å²) in [6.07, 6.45) is -0.252. The molecule has 3 heterocycles. The number of methoxy groups -OCH3 is 1. The van der Waals surface area contributed by atoms with Crippen molar-refractivity contribution in [2.24, 2.45) is 0 Å². The molecule has 0 saturated carbocycles. The van der Waals surface area contributed by atoms with Crippen molar-refractivity contribution in [3.8, 4) is 5.88 Å². The smallest absolute Gasteiger partial charge is 0.419 e. The number of nitrogens with one attached hydrogen (secondary N) is 1. The van der Waals surface area contributed by atoms with Crippen molar-refractivity contribution in [3.05, 3.63) is 36.3 Å². The van der Waals surface area contributed by atoms with E-state index in [1.807, 2.05) is 0 Å². The summed E-state index contributed by atoms with van der Waals surface area (Å²) in [5, 5.41) is 3.27. The number of alkyl halides is 3. The van der Waals surface area contributed by atoms with Crippen LogP contribution in [0, 0.1) is 0 Å². The van der Waals surface area contributed by atoms with E-state index in [1.165, 1.54) is 25.7 Å². The zero-order valence-corrected chi connectivity index (χ0v) is 13.6. The number of ether oxygens (including phenoxy) is 1. The highest BCUT2D eigenvalue weighted by atomic mass is 19.4. The van der Waals surface area contributed by atoms with E-state index in [1.54, 1.807) is 11.0 Å². The van der Waals surface area contributed by atoms with Crippen LogP contribution in [0.5, 0.6) is 5.88 Å². The zero-order chi connectivity index (χ0) is 17.9. The van der Waals surface area contributed by atoms with Gasteiger partial charge >= 0.3 is 6.18 Å². The summed E-state index contributed by atoms with van der Waals surface area (Å²) in [7, 11) is 1.52. The minimum absolute atomic E-state index is 0.00263. The number of aromatic nitrogens is 3. The Labute approximate surface area is 143 Å². The van der Waals surface area contributed by atoms with Crippen LogP contribution in [-0.2, 0) is 6.18 Å². The van der Waals surface area contributed by atoms with Crippen LogP contribution in [0.25, 0.3) is 0 Å². The summed E-state index contributed by atoms with van der Waals surface area (Å²) in [5.74, 6) is 1.09. The second-order valence-electron chi connectivity index (χ2n) is 5.72. The van der Waals surface area contributed by atoms with Crippen LogP contribution in [0.2, 0.25) is 0 Å². The number of hydrogen-bond acceptors (Lipinski definition) is 6. The lowest BCUT2D eigenvalue weighted by Crippen LogP contribution is -2.40. The highest BCUT2D eigenvalue weighted by Crippen LogP contribution is 2.36. The monoisotopic (exact) mass is 353 g/mol. The molecule has 1 aliphatic rings. The Balaban J connectivity index is 1.64. The molecule has 1 N–H and O–H groups in total. The van der Waals surface area contributed by atoms with E-state index in [2.05, 4.69) is 20.3 Å². The highest BCUT2D eigenvalue weighted by molar-refractivity contribution is 5.49. The third-order valence-electron chi connectivity index (χ3n) is 4.09. The van der Waals surface area contributed by atoms with Gasteiger partial charge in [0.05, 0.1) is 12.7 Å². The largest absolute Gasteiger partial charge is 0.481 e. The Morgan fingerprint density at radius 3 is 2.64 bits per heavy atom. The number of anilines is 2. The zero-order valence-electron chi connectivity index (χ0n) is 13.6. The van der Waals surface area contributed by atoms with E-state index < -0.39 is 11.7 Å². The van der Waals surface area contributed by atoms with Gasteiger partial charge in [0.1, 0.15) is 18.0 Å². The van der Waals surface area contributed by atoms with Gasteiger partial charge in [-0.25, -0.2) is 15.0 Å². The summed E-state index contributed by atoms with van der Waals surface area (Å²) in [6, 6.07) is 4.18. The molecule has 0 aromatic carbocycles. The molecule has 9 heteroatoms. The fourth-order valence-electron chi connectivity index (χ4n) is 2.85. The first-order valence-corrected chi connectivity index (χ1v) is 7.87. The molecular formula is C16H18F3N5O. The molecule has 25 heavy (non-hydrogen) atoms. The molecule has 0 bridgehead atoms. The molecule has 0 radical (unpaired) electrons. The topological polar surface area (TPSA) is 63.2 Å². The molecule has 6 nitrogen and oxygen atoms in total. The Hall–Kier alpha value is -2.58. The summed E-state index contributed by atoms with van der Waals surface area (Å²) in [5.41, 5.74) is -0.693. The van der Waals surface area contributed by atoms with E-state index >= 15 is 0 Å². The van der Waals surface area contributed by atoms with Crippen molar-refractivity contribution in [2.45, 2.75) is 25.1 Å². The first-order valence-electron chi connectivity index (χ1n) is 7.87. The normalized spacial score (nSPS) is 15.9. The average molecular weight is 353 g/mol. The predicted molar refractivity (Wildman–Crippen MR) is 86.7 cm³/mol. The molecule has 0 amide bonds. The molecule has 3 rings (SSSR count). The number of piperidine rings is 1. The molecule has 1 aliphatic heterocycles. The summed E-state index contributed by atoms with van der Waals surface area (Å²) in [4.78, 5) is 13.7. The summed E-state index contributed by atoms with van der Waals surface area (Å²) < 4.78 is 44.5. The molecule has 0 aliphatic carbocycles. The van der Waals surface area contributed by atoms with Crippen LogP contribution in [0.15, 0.2) is 30.7 Å². The standard InChI is InChI=1S/C16H18F3N5O/c1-25-14-9-13(21-10-22-14)23-11-4-7-24(8-5-11)15-12(16(17,18)19)3-2-6-20-15/h2-3,6,9-11H,4-5,7-8H2,1H3,(H,21,22,23). The molecule has 1 saturated heterocycles. The van der Waals surface area contributed by atoms with Crippen LogP contribution >= 0.6 is 0 Å². The maximum atomic E-state index is 13.1. The molecular weight excluding hydrogens is 335 g/mol. The van der Waals surface area contributed by atoms with E-state index in [0.29, 0.717) is 37.6 Å². The molecule has 1 fully saturated rings. The number of pyridine rings is 1. The first-order chi connectivity index (χ1) is 12.0. The second-order valence-corrected chi connectivity index (χ2v) is 5.72. The van der Waals surface area contributed by atoms with E-state index in [0.717, 1.165) is 6.07 Å². The van der Waals surface area contributed by atoms with Gasteiger partial charge in [-0.3, -0.25) is 0 Å². The van der Waals surface area contributed by atoms with Gasteiger partial charge in [-0.15, -0.1) is 0 Å². The fourth-order valence-corrected chi connectivity index (χ4v) is 2.85. The Morgan fingerprint density at radius 2 is 1.96 bits per heavy atom. The van der Waals surface area contributed by atoms with Gasteiger partial charge in [0.15, 0.2) is 0 Å². The van der Waals surface area contributed by atoms with Gasteiger partial charge in [-0.05, 0) is 25.0 Å². The van der Waals surface area contributed by atoms with Crippen LogP contribution in [0.4, 0.5) is 24.8 Å². The molecule has 0 spiro atoms. The van der Waals surface area contributed by atoms with Gasteiger partial charge in [-0.2, -0.15) is 13.2 Å². The number of nitrogens with zero attached hydrogens (tertiary/aromatic N) is 4. The first kappa shape index (κ1) is 17.2. The third kappa shape index (κ3) is 4.09. The number of hydrogen-bond donors (Lipinski definition) is 1. The maximum absolute atomic E-state index is 13.1. The third-order valence-corrected chi connectivity index (χ3v) is 4.09. The van der Waals surface area contributed by atoms with E-state index in [-0.39, 0.29) is 11.9 Å². The maximum Gasteiger partial charge on any atom is 0.419 e. The highest BCUT2D eigenvalue weighted by Gasteiger charge is 2.36.